The molecule has 2 heterocycles. The molecule has 0 bridgehead atoms. The summed E-state index contributed by atoms with van der Waals surface area (Å²) in [5.41, 5.74) is 6.11. The summed E-state index contributed by atoms with van der Waals surface area (Å²) < 4.78 is 6.92. The second-order valence-electron chi connectivity index (χ2n) is 4.28. The highest BCUT2D eigenvalue weighted by Gasteiger charge is 2.36. The lowest BCUT2D eigenvalue weighted by Gasteiger charge is -2.30. The monoisotopic (exact) mass is 289 g/mol. The predicted molar refractivity (Wildman–Crippen MR) is 67.3 cm³/mol. The summed E-state index contributed by atoms with van der Waals surface area (Å²) in [7, 11) is 0. The minimum atomic E-state index is -0.115. The molecule has 2 nitrogen and oxygen atoms in total. The molecule has 0 aliphatic carbocycles. The number of rotatable bonds is 3. The first-order chi connectivity index (χ1) is 7.10. The van der Waals surface area contributed by atoms with Gasteiger partial charge >= 0.3 is 0 Å². The number of halogens is 1. The first kappa shape index (κ1) is 11.6. The second-order valence-corrected chi connectivity index (χ2v) is 6.83. The number of thiophene rings is 1. The third kappa shape index (κ3) is 2.61. The Morgan fingerprint density at radius 1 is 1.67 bits per heavy atom. The van der Waals surface area contributed by atoms with E-state index in [0.717, 1.165) is 25.9 Å². The minimum absolute atomic E-state index is 0.102. The van der Waals surface area contributed by atoms with Crippen molar-refractivity contribution in [3.05, 3.63) is 20.8 Å². The summed E-state index contributed by atoms with van der Waals surface area (Å²) in [6, 6.07) is 4.31. The van der Waals surface area contributed by atoms with E-state index in [-0.39, 0.29) is 11.6 Å². The number of nitrogens with two attached hydrogens (primary N) is 1. The van der Waals surface area contributed by atoms with Crippen molar-refractivity contribution in [2.24, 2.45) is 5.73 Å². The van der Waals surface area contributed by atoms with Crippen molar-refractivity contribution in [3.63, 3.8) is 0 Å². The Kier molecular flexibility index (Phi) is 3.50. The van der Waals surface area contributed by atoms with Gasteiger partial charge in [-0.2, -0.15) is 0 Å². The van der Waals surface area contributed by atoms with Crippen LogP contribution in [0, 0.1) is 0 Å². The SMILES string of the molecule is CC1(C(N)Cc2ccc(Br)s2)CCCO1. The van der Waals surface area contributed by atoms with Gasteiger partial charge in [0.2, 0.25) is 0 Å². The first-order valence-corrected chi connectivity index (χ1v) is 6.85. The molecule has 1 fully saturated rings. The highest BCUT2D eigenvalue weighted by atomic mass is 79.9. The zero-order valence-electron chi connectivity index (χ0n) is 8.83. The van der Waals surface area contributed by atoms with Crippen molar-refractivity contribution in [1.82, 2.24) is 0 Å². The summed E-state index contributed by atoms with van der Waals surface area (Å²) in [5.74, 6) is 0. The van der Waals surface area contributed by atoms with Gasteiger partial charge < -0.3 is 10.5 Å². The third-order valence-corrected chi connectivity index (χ3v) is 4.73. The van der Waals surface area contributed by atoms with Crippen LogP contribution in [-0.4, -0.2) is 18.2 Å². The topological polar surface area (TPSA) is 35.2 Å². The molecule has 0 saturated carbocycles. The van der Waals surface area contributed by atoms with Crippen LogP contribution in [0.3, 0.4) is 0 Å². The lowest BCUT2D eigenvalue weighted by atomic mass is 9.91. The van der Waals surface area contributed by atoms with Crippen LogP contribution in [0.1, 0.15) is 24.6 Å². The molecular formula is C11H16BrNOS. The molecule has 2 atom stereocenters. The van der Waals surface area contributed by atoms with Gasteiger partial charge in [-0.15, -0.1) is 11.3 Å². The zero-order chi connectivity index (χ0) is 10.9. The van der Waals surface area contributed by atoms with E-state index in [2.05, 4.69) is 35.0 Å². The molecule has 0 aromatic carbocycles. The molecule has 1 saturated heterocycles. The first-order valence-electron chi connectivity index (χ1n) is 5.24. The van der Waals surface area contributed by atoms with Crippen molar-refractivity contribution < 1.29 is 4.74 Å². The number of ether oxygens (including phenoxy) is 1. The van der Waals surface area contributed by atoms with Crippen LogP contribution >= 0.6 is 27.3 Å². The Labute approximate surface area is 103 Å². The number of hydrogen-bond donors (Lipinski definition) is 1. The van der Waals surface area contributed by atoms with Crippen molar-refractivity contribution in [3.8, 4) is 0 Å². The quantitative estimate of drug-likeness (QED) is 0.929. The molecule has 84 valence electrons. The van der Waals surface area contributed by atoms with Gasteiger partial charge in [0.1, 0.15) is 0 Å². The summed E-state index contributed by atoms with van der Waals surface area (Å²) in [4.78, 5) is 1.33. The Bertz CT molecular complexity index is 333. The van der Waals surface area contributed by atoms with Crippen LogP contribution in [0.15, 0.2) is 15.9 Å². The highest BCUT2D eigenvalue weighted by Crippen LogP contribution is 2.31. The predicted octanol–water partition coefficient (Wildman–Crippen LogP) is 2.95. The lowest BCUT2D eigenvalue weighted by Crippen LogP contribution is -2.46. The molecule has 0 amide bonds. The fourth-order valence-electron chi connectivity index (χ4n) is 1.99. The molecule has 0 spiro atoms. The summed E-state index contributed by atoms with van der Waals surface area (Å²) in [6.07, 6.45) is 3.13. The highest BCUT2D eigenvalue weighted by molar-refractivity contribution is 9.11. The van der Waals surface area contributed by atoms with Crippen molar-refractivity contribution in [2.45, 2.75) is 37.8 Å². The van der Waals surface area contributed by atoms with Gasteiger partial charge in [0.05, 0.1) is 9.39 Å². The van der Waals surface area contributed by atoms with E-state index in [4.69, 9.17) is 10.5 Å². The van der Waals surface area contributed by atoms with Crippen LogP contribution in [0.2, 0.25) is 0 Å². The van der Waals surface area contributed by atoms with Gasteiger partial charge in [0.15, 0.2) is 0 Å². The molecular weight excluding hydrogens is 274 g/mol. The van der Waals surface area contributed by atoms with Gasteiger partial charge in [-0.3, -0.25) is 0 Å². The summed E-state index contributed by atoms with van der Waals surface area (Å²) in [6.45, 7) is 2.99. The van der Waals surface area contributed by atoms with Gasteiger partial charge in [-0.1, -0.05) is 0 Å². The molecule has 4 heteroatoms. The summed E-state index contributed by atoms with van der Waals surface area (Å²) in [5, 5.41) is 0. The molecule has 2 unspecified atom stereocenters. The fourth-order valence-corrected chi connectivity index (χ4v) is 3.53. The second kappa shape index (κ2) is 4.53. The van der Waals surface area contributed by atoms with Crippen molar-refractivity contribution in [2.75, 3.05) is 6.61 Å². The van der Waals surface area contributed by atoms with E-state index in [1.165, 1.54) is 8.66 Å². The van der Waals surface area contributed by atoms with Crippen LogP contribution < -0.4 is 5.73 Å². The van der Waals surface area contributed by atoms with Gasteiger partial charge in [0, 0.05) is 17.5 Å². The maximum Gasteiger partial charge on any atom is 0.0809 e. The van der Waals surface area contributed by atoms with E-state index in [1.807, 2.05) is 0 Å². The number of hydrogen-bond acceptors (Lipinski definition) is 3. The average Bonchev–Trinajstić information content (AvgIpc) is 2.76. The standard InChI is InChI=1S/C11H16BrNOS/c1-11(5-2-6-14-11)9(13)7-8-3-4-10(12)15-8/h3-4,9H,2,5-7,13H2,1H3. The largest absolute Gasteiger partial charge is 0.374 e. The Hall–Kier alpha value is 0.1000. The summed E-state index contributed by atoms with van der Waals surface area (Å²) >= 11 is 5.22. The molecule has 2 rings (SSSR count). The molecule has 1 aliphatic heterocycles. The van der Waals surface area contributed by atoms with Gasteiger partial charge in [0.25, 0.3) is 0 Å². The maximum atomic E-state index is 6.22. The molecule has 1 aliphatic rings. The van der Waals surface area contributed by atoms with Gasteiger partial charge in [-0.05, 0) is 54.2 Å². The molecule has 15 heavy (non-hydrogen) atoms. The third-order valence-electron chi connectivity index (χ3n) is 3.08. The molecule has 0 radical (unpaired) electrons. The van der Waals surface area contributed by atoms with Crippen LogP contribution in [-0.2, 0) is 11.2 Å². The van der Waals surface area contributed by atoms with Crippen LogP contribution in [0.25, 0.3) is 0 Å². The van der Waals surface area contributed by atoms with Crippen LogP contribution in [0.5, 0.6) is 0 Å². The van der Waals surface area contributed by atoms with E-state index < -0.39 is 0 Å². The Morgan fingerprint density at radius 3 is 3.00 bits per heavy atom. The van der Waals surface area contributed by atoms with Gasteiger partial charge in [-0.25, -0.2) is 0 Å². The van der Waals surface area contributed by atoms with Crippen molar-refractivity contribution in [1.29, 1.82) is 0 Å². The van der Waals surface area contributed by atoms with E-state index in [9.17, 15) is 0 Å². The maximum absolute atomic E-state index is 6.22. The fraction of sp³-hybridized carbons (Fsp3) is 0.636. The Morgan fingerprint density at radius 2 is 2.47 bits per heavy atom. The van der Waals surface area contributed by atoms with E-state index >= 15 is 0 Å². The lowest BCUT2D eigenvalue weighted by molar-refractivity contribution is -0.000718. The molecule has 1 aromatic rings. The van der Waals surface area contributed by atoms with Crippen LogP contribution in [0.4, 0.5) is 0 Å². The van der Waals surface area contributed by atoms with Crippen molar-refractivity contribution >= 4 is 27.3 Å². The smallest absolute Gasteiger partial charge is 0.0809 e. The Balaban J connectivity index is 1.99. The molecule has 2 N–H and O–H groups in total. The molecule has 1 aromatic heterocycles. The van der Waals surface area contributed by atoms with E-state index in [1.54, 1.807) is 11.3 Å². The average molecular weight is 290 g/mol. The normalized spacial score (nSPS) is 28.2. The minimum Gasteiger partial charge on any atom is -0.374 e. The van der Waals surface area contributed by atoms with E-state index in [0.29, 0.717) is 0 Å². The zero-order valence-corrected chi connectivity index (χ0v) is 11.2.